The van der Waals surface area contributed by atoms with Crippen molar-refractivity contribution in [3.05, 3.63) is 94.3 Å². The standard InChI is InChI=1S/C24H24ClNO2/c1-4-16(2)24(23-19(25)11-9-14-22(23)28)26-15-8-7-12-20(26)17(3)18-10-5-6-13-21(18)27/h5-15,27-28H,4H2,1-3H3/b20-17+,24-16?. The highest BCUT2D eigenvalue weighted by Crippen LogP contribution is 2.41. The van der Waals surface area contributed by atoms with Crippen LogP contribution >= 0.6 is 11.6 Å². The maximum absolute atomic E-state index is 10.6. The summed E-state index contributed by atoms with van der Waals surface area (Å²) < 4.78 is 0. The molecule has 4 heteroatoms. The Hall–Kier alpha value is -2.91. The normalized spacial score (nSPS) is 16.2. The fourth-order valence-electron chi connectivity index (χ4n) is 3.33. The van der Waals surface area contributed by atoms with Crippen LogP contribution in [0, 0.1) is 0 Å². The lowest BCUT2D eigenvalue weighted by Crippen LogP contribution is -2.19. The molecule has 0 amide bonds. The molecular weight excluding hydrogens is 370 g/mol. The van der Waals surface area contributed by atoms with E-state index in [0.29, 0.717) is 10.6 Å². The first kappa shape index (κ1) is 19.8. The molecule has 0 unspecified atom stereocenters. The van der Waals surface area contributed by atoms with E-state index in [4.69, 9.17) is 11.6 Å². The zero-order valence-corrected chi connectivity index (χ0v) is 17.0. The highest BCUT2D eigenvalue weighted by atomic mass is 35.5. The van der Waals surface area contributed by atoms with Crippen LogP contribution < -0.4 is 0 Å². The van der Waals surface area contributed by atoms with Gasteiger partial charge in [-0.25, -0.2) is 0 Å². The Morgan fingerprint density at radius 3 is 2.36 bits per heavy atom. The molecule has 0 aromatic heterocycles. The van der Waals surface area contributed by atoms with E-state index in [-0.39, 0.29) is 11.5 Å². The molecule has 1 aliphatic rings. The second-order valence-corrected chi connectivity index (χ2v) is 7.12. The fraction of sp³-hybridized carbons (Fsp3) is 0.167. The molecule has 3 nitrogen and oxygen atoms in total. The third kappa shape index (κ3) is 3.71. The summed E-state index contributed by atoms with van der Waals surface area (Å²) in [6.07, 6.45) is 8.66. The lowest BCUT2D eigenvalue weighted by atomic mass is 9.98. The van der Waals surface area contributed by atoms with Gasteiger partial charge in [-0.05, 0) is 61.8 Å². The highest BCUT2D eigenvalue weighted by Gasteiger charge is 2.23. The van der Waals surface area contributed by atoms with Gasteiger partial charge < -0.3 is 15.1 Å². The quantitative estimate of drug-likeness (QED) is 0.606. The van der Waals surface area contributed by atoms with Crippen molar-refractivity contribution in [1.29, 1.82) is 0 Å². The van der Waals surface area contributed by atoms with Gasteiger partial charge in [0.2, 0.25) is 0 Å². The van der Waals surface area contributed by atoms with Crippen LogP contribution in [0.2, 0.25) is 5.02 Å². The van der Waals surface area contributed by atoms with Crippen LogP contribution in [0.1, 0.15) is 38.3 Å². The van der Waals surface area contributed by atoms with Gasteiger partial charge in [0.1, 0.15) is 11.5 Å². The van der Waals surface area contributed by atoms with E-state index in [2.05, 4.69) is 6.92 Å². The molecule has 2 aromatic carbocycles. The zero-order chi connectivity index (χ0) is 20.3. The largest absolute Gasteiger partial charge is 0.507 e. The summed E-state index contributed by atoms with van der Waals surface area (Å²) in [4.78, 5) is 2.03. The minimum Gasteiger partial charge on any atom is -0.507 e. The Bertz CT molecular complexity index is 995. The van der Waals surface area contributed by atoms with E-state index in [1.807, 2.05) is 55.3 Å². The number of phenols is 2. The maximum atomic E-state index is 10.6. The molecule has 0 aliphatic carbocycles. The summed E-state index contributed by atoms with van der Waals surface area (Å²) in [5.74, 6) is 0.367. The lowest BCUT2D eigenvalue weighted by Gasteiger charge is -2.31. The van der Waals surface area contributed by atoms with E-state index in [0.717, 1.165) is 34.5 Å². The second kappa shape index (κ2) is 8.41. The summed E-state index contributed by atoms with van der Waals surface area (Å²) in [6, 6.07) is 12.4. The summed E-state index contributed by atoms with van der Waals surface area (Å²) in [5.41, 5.74) is 5.13. The molecule has 0 spiro atoms. The van der Waals surface area contributed by atoms with Gasteiger partial charge in [-0.2, -0.15) is 0 Å². The van der Waals surface area contributed by atoms with Crippen LogP contribution in [0.5, 0.6) is 11.5 Å². The second-order valence-electron chi connectivity index (χ2n) is 6.71. The van der Waals surface area contributed by atoms with Gasteiger partial charge in [-0.15, -0.1) is 0 Å². The molecule has 0 fully saturated rings. The van der Waals surface area contributed by atoms with Gasteiger partial charge in [0, 0.05) is 17.5 Å². The van der Waals surface area contributed by atoms with E-state index < -0.39 is 0 Å². The van der Waals surface area contributed by atoms with Crippen molar-refractivity contribution in [3.63, 3.8) is 0 Å². The molecule has 0 bridgehead atoms. The van der Waals surface area contributed by atoms with Crippen molar-refractivity contribution in [2.75, 3.05) is 0 Å². The number of para-hydroxylation sites is 1. The number of benzene rings is 2. The van der Waals surface area contributed by atoms with Gasteiger partial charge in [-0.3, -0.25) is 0 Å². The molecule has 0 radical (unpaired) electrons. The number of phenolic OH excluding ortho intramolecular Hbond substituents is 2. The van der Waals surface area contributed by atoms with Crippen molar-refractivity contribution >= 4 is 22.9 Å². The molecule has 2 N–H and O–H groups in total. The third-order valence-electron chi connectivity index (χ3n) is 4.96. The number of rotatable bonds is 4. The topological polar surface area (TPSA) is 43.7 Å². The maximum Gasteiger partial charge on any atom is 0.126 e. The molecule has 1 aliphatic heterocycles. The third-order valence-corrected chi connectivity index (χ3v) is 5.27. The molecule has 0 atom stereocenters. The summed E-state index contributed by atoms with van der Waals surface area (Å²) in [6.45, 7) is 6.09. The van der Waals surface area contributed by atoms with Crippen molar-refractivity contribution < 1.29 is 10.2 Å². The molecule has 1 heterocycles. The zero-order valence-electron chi connectivity index (χ0n) is 16.3. The first-order chi connectivity index (χ1) is 13.5. The fourth-order valence-corrected chi connectivity index (χ4v) is 3.59. The molecule has 28 heavy (non-hydrogen) atoms. The summed E-state index contributed by atoms with van der Waals surface area (Å²) in [7, 11) is 0. The summed E-state index contributed by atoms with van der Waals surface area (Å²) >= 11 is 6.50. The van der Waals surface area contributed by atoms with Crippen molar-refractivity contribution in [2.45, 2.75) is 27.2 Å². The van der Waals surface area contributed by atoms with Crippen LogP contribution in [0.25, 0.3) is 11.3 Å². The molecular formula is C24H24ClNO2. The van der Waals surface area contributed by atoms with Crippen molar-refractivity contribution in [1.82, 2.24) is 4.90 Å². The molecule has 144 valence electrons. The number of hydrogen-bond donors (Lipinski definition) is 2. The number of allylic oxidation sites excluding steroid dienone is 5. The average Bonchev–Trinajstić information content (AvgIpc) is 2.70. The summed E-state index contributed by atoms with van der Waals surface area (Å²) in [5, 5.41) is 21.4. The van der Waals surface area contributed by atoms with E-state index in [9.17, 15) is 10.2 Å². The van der Waals surface area contributed by atoms with Crippen molar-refractivity contribution in [3.8, 4) is 11.5 Å². The van der Waals surface area contributed by atoms with E-state index >= 15 is 0 Å². The Balaban J connectivity index is 2.25. The van der Waals surface area contributed by atoms with Crippen LogP contribution in [0.15, 0.2) is 78.2 Å². The number of halogens is 1. The first-order valence-corrected chi connectivity index (χ1v) is 9.64. The molecule has 3 rings (SSSR count). The van der Waals surface area contributed by atoms with Gasteiger partial charge in [0.15, 0.2) is 0 Å². The Morgan fingerprint density at radius 1 is 0.964 bits per heavy atom. The minimum atomic E-state index is 0.137. The van der Waals surface area contributed by atoms with Crippen molar-refractivity contribution in [2.24, 2.45) is 0 Å². The Labute approximate surface area is 171 Å². The molecule has 0 saturated carbocycles. The van der Waals surface area contributed by atoms with Crippen LogP contribution in [-0.4, -0.2) is 15.1 Å². The highest BCUT2D eigenvalue weighted by molar-refractivity contribution is 6.32. The smallest absolute Gasteiger partial charge is 0.126 e. The monoisotopic (exact) mass is 393 g/mol. The Kier molecular flexibility index (Phi) is 5.96. The predicted molar refractivity (Wildman–Crippen MR) is 117 cm³/mol. The lowest BCUT2D eigenvalue weighted by molar-refractivity contribution is 0.470. The molecule has 0 saturated heterocycles. The number of nitrogens with zero attached hydrogens (tertiary/aromatic N) is 1. The van der Waals surface area contributed by atoms with E-state index in [1.165, 1.54) is 0 Å². The van der Waals surface area contributed by atoms with Gasteiger partial charge in [0.05, 0.1) is 16.3 Å². The van der Waals surface area contributed by atoms with Crippen LogP contribution in [0.3, 0.4) is 0 Å². The van der Waals surface area contributed by atoms with E-state index in [1.54, 1.807) is 30.3 Å². The van der Waals surface area contributed by atoms with Crippen LogP contribution in [0.4, 0.5) is 0 Å². The van der Waals surface area contributed by atoms with Crippen LogP contribution in [-0.2, 0) is 0 Å². The average molecular weight is 394 g/mol. The SMILES string of the molecule is CCC(C)=C(c1c(O)cccc1Cl)N1C=CC=C/C1=C(/C)c1ccccc1O. The van der Waals surface area contributed by atoms with Gasteiger partial charge in [-0.1, -0.05) is 48.9 Å². The first-order valence-electron chi connectivity index (χ1n) is 9.26. The number of hydrogen-bond acceptors (Lipinski definition) is 3. The van der Waals surface area contributed by atoms with Gasteiger partial charge >= 0.3 is 0 Å². The Morgan fingerprint density at radius 2 is 1.68 bits per heavy atom. The molecule has 2 aromatic rings. The number of aromatic hydroxyl groups is 2. The minimum absolute atomic E-state index is 0.137. The predicted octanol–water partition coefficient (Wildman–Crippen LogP) is 6.71. The van der Waals surface area contributed by atoms with Gasteiger partial charge in [0.25, 0.3) is 0 Å².